The van der Waals surface area contributed by atoms with E-state index in [4.69, 9.17) is 0 Å². The summed E-state index contributed by atoms with van der Waals surface area (Å²) in [6, 6.07) is 6.27. The first-order valence-electron chi connectivity index (χ1n) is 9.48. The second-order valence-electron chi connectivity index (χ2n) is 7.67. The second kappa shape index (κ2) is 6.77. The standard InChI is InChI=1S/C19H28N2O2S/c22-24(23,19-8-7-16-3-1-2-4-17(16)13-19)21-11-9-18(10-12-21)20-14-15-5-6-15/h7-8,13,15,18,20H,1-6,9-12,14H2. The van der Waals surface area contributed by atoms with Crippen LogP contribution in [-0.2, 0) is 22.9 Å². The van der Waals surface area contributed by atoms with Crippen molar-refractivity contribution in [3.8, 4) is 0 Å². The number of nitrogens with one attached hydrogen (secondary N) is 1. The Morgan fingerprint density at radius 2 is 1.71 bits per heavy atom. The van der Waals surface area contributed by atoms with E-state index in [1.807, 2.05) is 18.2 Å². The number of sulfonamides is 1. The molecule has 0 aromatic heterocycles. The maximum atomic E-state index is 13.0. The third kappa shape index (κ3) is 3.53. The van der Waals surface area contributed by atoms with Crippen LogP contribution in [0.3, 0.4) is 0 Å². The molecule has 0 amide bonds. The van der Waals surface area contributed by atoms with Gasteiger partial charge in [0, 0.05) is 19.1 Å². The van der Waals surface area contributed by atoms with Crippen molar-refractivity contribution in [3.63, 3.8) is 0 Å². The van der Waals surface area contributed by atoms with Crippen molar-refractivity contribution in [1.29, 1.82) is 0 Å². The van der Waals surface area contributed by atoms with Gasteiger partial charge < -0.3 is 5.32 Å². The minimum absolute atomic E-state index is 0.487. The summed E-state index contributed by atoms with van der Waals surface area (Å²) in [5.41, 5.74) is 2.58. The molecule has 1 saturated heterocycles. The molecule has 2 fully saturated rings. The summed E-state index contributed by atoms with van der Waals surface area (Å²) >= 11 is 0. The van der Waals surface area contributed by atoms with Gasteiger partial charge >= 0.3 is 0 Å². The van der Waals surface area contributed by atoms with Crippen LogP contribution in [0.25, 0.3) is 0 Å². The van der Waals surface area contributed by atoms with Crippen molar-refractivity contribution in [2.24, 2.45) is 5.92 Å². The van der Waals surface area contributed by atoms with Crippen LogP contribution in [0.15, 0.2) is 23.1 Å². The fourth-order valence-corrected chi connectivity index (χ4v) is 5.50. The van der Waals surface area contributed by atoms with Crippen LogP contribution in [0.4, 0.5) is 0 Å². The number of nitrogens with zero attached hydrogens (tertiary/aromatic N) is 1. The van der Waals surface area contributed by atoms with Crippen LogP contribution < -0.4 is 5.32 Å². The van der Waals surface area contributed by atoms with E-state index in [1.54, 1.807) is 4.31 Å². The molecule has 0 spiro atoms. The molecule has 1 heterocycles. The lowest BCUT2D eigenvalue weighted by Crippen LogP contribution is -2.45. The van der Waals surface area contributed by atoms with Crippen LogP contribution in [0.2, 0.25) is 0 Å². The third-order valence-electron chi connectivity index (χ3n) is 5.80. The Bertz CT molecular complexity index is 689. The van der Waals surface area contributed by atoms with Crippen LogP contribution in [0.1, 0.15) is 49.7 Å². The van der Waals surface area contributed by atoms with Crippen LogP contribution in [-0.4, -0.2) is 38.4 Å². The summed E-state index contributed by atoms with van der Waals surface area (Å²) in [7, 11) is -3.33. The number of piperidine rings is 1. The van der Waals surface area contributed by atoms with Gasteiger partial charge in [-0.3, -0.25) is 0 Å². The Morgan fingerprint density at radius 3 is 2.42 bits per heavy atom. The van der Waals surface area contributed by atoms with Gasteiger partial charge in [0.05, 0.1) is 4.90 Å². The number of benzene rings is 1. The molecule has 132 valence electrons. The van der Waals surface area contributed by atoms with Gasteiger partial charge in [-0.1, -0.05) is 6.07 Å². The number of fused-ring (bicyclic) bond motifs is 1. The minimum Gasteiger partial charge on any atom is -0.314 e. The molecule has 4 nitrogen and oxygen atoms in total. The first-order chi connectivity index (χ1) is 11.6. The number of hydrogen-bond acceptors (Lipinski definition) is 3. The maximum absolute atomic E-state index is 13.0. The largest absolute Gasteiger partial charge is 0.314 e. The molecular formula is C19H28N2O2S. The van der Waals surface area contributed by atoms with Gasteiger partial charge in [-0.05, 0) is 87.1 Å². The van der Waals surface area contributed by atoms with Crippen molar-refractivity contribution in [2.75, 3.05) is 19.6 Å². The van der Waals surface area contributed by atoms with E-state index in [0.29, 0.717) is 24.0 Å². The van der Waals surface area contributed by atoms with Crippen LogP contribution in [0.5, 0.6) is 0 Å². The SMILES string of the molecule is O=S(=O)(c1ccc2c(c1)CCCC2)N1CCC(NCC2CC2)CC1. The van der Waals surface area contributed by atoms with Gasteiger partial charge in [0.15, 0.2) is 0 Å². The first kappa shape index (κ1) is 16.6. The Kier molecular flexibility index (Phi) is 4.67. The second-order valence-corrected chi connectivity index (χ2v) is 9.61. The number of hydrogen-bond donors (Lipinski definition) is 1. The molecule has 1 saturated carbocycles. The predicted molar refractivity (Wildman–Crippen MR) is 95.6 cm³/mol. The van der Waals surface area contributed by atoms with Crippen molar-refractivity contribution >= 4 is 10.0 Å². The molecule has 1 aromatic carbocycles. The zero-order chi connectivity index (χ0) is 16.6. The summed E-state index contributed by atoms with van der Waals surface area (Å²) in [4.78, 5) is 0.493. The van der Waals surface area contributed by atoms with Crippen LogP contribution in [0, 0.1) is 5.92 Å². The van der Waals surface area contributed by atoms with E-state index in [-0.39, 0.29) is 0 Å². The zero-order valence-corrected chi connectivity index (χ0v) is 15.2. The number of aryl methyl sites for hydroxylation is 2. The molecule has 24 heavy (non-hydrogen) atoms. The molecule has 0 unspecified atom stereocenters. The quantitative estimate of drug-likeness (QED) is 0.890. The molecule has 0 radical (unpaired) electrons. The van der Waals surface area contributed by atoms with E-state index in [2.05, 4.69) is 5.32 Å². The molecule has 3 aliphatic rings. The van der Waals surface area contributed by atoms with Crippen molar-refractivity contribution in [1.82, 2.24) is 9.62 Å². The number of rotatable bonds is 5. The predicted octanol–water partition coefficient (Wildman–Crippen LogP) is 2.72. The average molecular weight is 349 g/mol. The van der Waals surface area contributed by atoms with Gasteiger partial charge in [-0.25, -0.2) is 8.42 Å². The average Bonchev–Trinajstić information content (AvgIpc) is 3.44. The van der Waals surface area contributed by atoms with Gasteiger partial charge in [0.25, 0.3) is 0 Å². The monoisotopic (exact) mass is 348 g/mol. The first-order valence-corrected chi connectivity index (χ1v) is 10.9. The highest BCUT2D eigenvalue weighted by molar-refractivity contribution is 7.89. The van der Waals surface area contributed by atoms with Crippen molar-refractivity contribution in [3.05, 3.63) is 29.3 Å². The molecule has 1 aliphatic heterocycles. The maximum Gasteiger partial charge on any atom is 0.243 e. The Balaban J connectivity index is 1.41. The van der Waals surface area contributed by atoms with Gasteiger partial charge in [0.1, 0.15) is 0 Å². The lowest BCUT2D eigenvalue weighted by atomic mass is 9.92. The van der Waals surface area contributed by atoms with Crippen molar-refractivity contribution in [2.45, 2.75) is 62.3 Å². The summed E-state index contributed by atoms with van der Waals surface area (Å²) in [6.45, 7) is 2.39. The normalized spacial score (nSPS) is 23.2. The molecular weight excluding hydrogens is 320 g/mol. The smallest absolute Gasteiger partial charge is 0.243 e. The van der Waals surface area contributed by atoms with E-state index < -0.39 is 10.0 Å². The Hall–Kier alpha value is -0.910. The minimum atomic E-state index is -3.33. The molecule has 1 N–H and O–H groups in total. The highest BCUT2D eigenvalue weighted by atomic mass is 32.2. The summed E-state index contributed by atoms with van der Waals surface area (Å²) in [5.74, 6) is 0.877. The molecule has 0 atom stereocenters. The molecule has 2 aliphatic carbocycles. The fraction of sp³-hybridized carbons (Fsp3) is 0.684. The summed E-state index contributed by atoms with van der Waals surface area (Å²) in [6.07, 6.45) is 9.08. The topological polar surface area (TPSA) is 49.4 Å². The van der Waals surface area contributed by atoms with Crippen LogP contribution >= 0.6 is 0 Å². The summed E-state index contributed by atoms with van der Waals surface area (Å²) < 4.78 is 27.6. The molecule has 4 rings (SSSR count). The van der Waals surface area contributed by atoms with Gasteiger partial charge in [-0.2, -0.15) is 4.31 Å². The van der Waals surface area contributed by atoms with Gasteiger partial charge in [-0.15, -0.1) is 0 Å². The van der Waals surface area contributed by atoms with E-state index in [9.17, 15) is 8.42 Å². The molecule has 1 aromatic rings. The lowest BCUT2D eigenvalue weighted by Gasteiger charge is -2.32. The Labute approximate surface area is 145 Å². The summed E-state index contributed by atoms with van der Waals surface area (Å²) in [5, 5.41) is 3.61. The molecule has 0 bridgehead atoms. The third-order valence-corrected chi connectivity index (χ3v) is 7.70. The highest BCUT2D eigenvalue weighted by Crippen LogP contribution is 2.29. The zero-order valence-electron chi connectivity index (χ0n) is 14.3. The Morgan fingerprint density at radius 1 is 1.00 bits per heavy atom. The van der Waals surface area contributed by atoms with E-state index in [1.165, 1.54) is 36.8 Å². The highest BCUT2D eigenvalue weighted by Gasteiger charge is 2.30. The van der Waals surface area contributed by atoms with E-state index in [0.717, 1.165) is 38.1 Å². The van der Waals surface area contributed by atoms with E-state index >= 15 is 0 Å². The lowest BCUT2D eigenvalue weighted by molar-refractivity contribution is 0.288. The van der Waals surface area contributed by atoms with Gasteiger partial charge in [0.2, 0.25) is 10.0 Å². The molecule has 5 heteroatoms. The fourth-order valence-electron chi connectivity index (χ4n) is 3.97. The van der Waals surface area contributed by atoms with Crippen molar-refractivity contribution < 1.29 is 8.42 Å².